The molecule has 2 aliphatic heterocycles. The van der Waals surface area contributed by atoms with Crippen LogP contribution >= 0.6 is 0 Å². The van der Waals surface area contributed by atoms with Crippen molar-refractivity contribution in [3.05, 3.63) is 35.5 Å². The van der Waals surface area contributed by atoms with E-state index in [-0.39, 0.29) is 24.5 Å². The molecule has 0 unspecified atom stereocenters. The highest BCUT2D eigenvalue weighted by molar-refractivity contribution is 6.35. The predicted octanol–water partition coefficient (Wildman–Crippen LogP) is 2.47. The van der Waals surface area contributed by atoms with Crippen molar-refractivity contribution >= 4 is 17.4 Å². The average Bonchev–Trinajstić information content (AvgIpc) is 2.97. The summed E-state index contributed by atoms with van der Waals surface area (Å²) in [6.07, 6.45) is 0.0516. The Bertz CT molecular complexity index is 809. The Morgan fingerprint density at radius 3 is 2.16 bits per heavy atom. The third-order valence-corrected chi connectivity index (χ3v) is 5.46. The number of benzene rings is 1. The highest BCUT2D eigenvalue weighted by Gasteiger charge is 2.41. The number of piperazine rings is 1. The quantitative estimate of drug-likeness (QED) is 0.562. The molecule has 170 valence electrons. The molecule has 0 aromatic heterocycles. The number of hydrogen-bond acceptors (Lipinski definition) is 6. The molecular formula is C24H35N3O4. The van der Waals surface area contributed by atoms with E-state index in [0.717, 1.165) is 37.5 Å². The molecule has 1 saturated heterocycles. The second-order valence-electron chi connectivity index (χ2n) is 8.92. The van der Waals surface area contributed by atoms with E-state index >= 15 is 0 Å². The summed E-state index contributed by atoms with van der Waals surface area (Å²) in [6.45, 7) is 12.5. The molecule has 1 aromatic carbocycles. The third kappa shape index (κ3) is 5.66. The lowest BCUT2D eigenvalue weighted by atomic mass is 10.0. The first-order valence-electron chi connectivity index (χ1n) is 11.2. The van der Waals surface area contributed by atoms with Crippen molar-refractivity contribution in [3.63, 3.8) is 0 Å². The summed E-state index contributed by atoms with van der Waals surface area (Å²) in [7, 11) is 2.07. The summed E-state index contributed by atoms with van der Waals surface area (Å²) >= 11 is 0. The maximum Gasteiger partial charge on any atom is 0.277 e. The zero-order valence-electron chi connectivity index (χ0n) is 19.4. The van der Waals surface area contributed by atoms with Crippen molar-refractivity contribution in [1.29, 1.82) is 0 Å². The second-order valence-corrected chi connectivity index (χ2v) is 8.92. The van der Waals surface area contributed by atoms with Crippen LogP contribution in [0.25, 0.3) is 5.57 Å². The van der Waals surface area contributed by atoms with Gasteiger partial charge in [-0.2, -0.15) is 0 Å². The summed E-state index contributed by atoms with van der Waals surface area (Å²) in [6, 6.07) is 7.49. The van der Waals surface area contributed by atoms with Crippen molar-refractivity contribution in [2.45, 2.75) is 33.8 Å². The van der Waals surface area contributed by atoms with Gasteiger partial charge in [0.15, 0.2) is 0 Å². The third-order valence-electron chi connectivity index (χ3n) is 5.46. The number of amides is 2. The number of carbonyl (C=O) groups is 2. The summed E-state index contributed by atoms with van der Waals surface area (Å²) in [5.41, 5.74) is 1.74. The van der Waals surface area contributed by atoms with Crippen molar-refractivity contribution in [3.8, 4) is 5.75 Å². The van der Waals surface area contributed by atoms with Crippen molar-refractivity contribution in [2.75, 3.05) is 53.0 Å². The van der Waals surface area contributed by atoms with Crippen LogP contribution in [0.15, 0.2) is 30.0 Å². The van der Waals surface area contributed by atoms with Gasteiger partial charge in [0.2, 0.25) is 0 Å². The summed E-state index contributed by atoms with van der Waals surface area (Å²) in [5.74, 6) is 0.721. The monoisotopic (exact) mass is 429 g/mol. The van der Waals surface area contributed by atoms with Crippen LogP contribution in [0.5, 0.6) is 5.75 Å². The number of hydrogen-bond donors (Lipinski definition) is 0. The maximum absolute atomic E-state index is 13.3. The van der Waals surface area contributed by atoms with Crippen LogP contribution in [0, 0.1) is 5.92 Å². The fraction of sp³-hybridized carbons (Fsp3) is 0.583. The summed E-state index contributed by atoms with van der Waals surface area (Å²) < 4.78 is 11.4. The number of carbonyl (C=O) groups excluding carboxylic acids is 2. The Kier molecular flexibility index (Phi) is 7.73. The number of likely N-dealkylation sites (N-methyl/N-ethyl adjacent to an activating group) is 1. The minimum Gasteiger partial charge on any atom is -0.493 e. The largest absolute Gasteiger partial charge is 0.493 e. The van der Waals surface area contributed by atoms with E-state index in [9.17, 15) is 9.59 Å². The smallest absolute Gasteiger partial charge is 0.277 e. The predicted molar refractivity (Wildman–Crippen MR) is 121 cm³/mol. The Balaban J connectivity index is 1.87. The average molecular weight is 430 g/mol. The molecule has 0 spiro atoms. The fourth-order valence-electron chi connectivity index (χ4n) is 3.71. The molecule has 0 N–H and O–H groups in total. The molecule has 0 bridgehead atoms. The van der Waals surface area contributed by atoms with Crippen LogP contribution in [-0.4, -0.2) is 85.6 Å². The Morgan fingerprint density at radius 1 is 0.935 bits per heavy atom. The van der Waals surface area contributed by atoms with Gasteiger partial charge in [0.1, 0.15) is 11.4 Å². The Labute approximate surface area is 185 Å². The molecule has 2 heterocycles. The molecule has 1 aromatic rings. The van der Waals surface area contributed by atoms with E-state index in [1.165, 1.54) is 4.90 Å². The second kappa shape index (κ2) is 10.3. The molecule has 2 aliphatic rings. The number of nitrogens with zero attached hydrogens (tertiary/aromatic N) is 3. The van der Waals surface area contributed by atoms with Gasteiger partial charge in [-0.1, -0.05) is 26.0 Å². The van der Waals surface area contributed by atoms with Gasteiger partial charge in [-0.25, -0.2) is 0 Å². The van der Waals surface area contributed by atoms with Crippen molar-refractivity contribution in [2.24, 2.45) is 5.92 Å². The molecule has 7 heteroatoms. The van der Waals surface area contributed by atoms with Crippen LogP contribution in [-0.2, 0) is 14.3 Å². The van der Waals surface area contributed by atoms with Gasteiger partial charge in [-0.05, 0) is 44.5 Å². The molecule has 31 heavy (non-hydrogen) atoms. The van der Waals surface area contributed by atoms with E-state index in [1.807, 2.05) is 38.1 Å². The standard InChI is InChI=1S/C24H35N3O4/c1-17(2)16-31-20-8-6-19(7-9-20)21-22(26-12-10-25(5)11-13-26)24(29)27(23(21)28)14-15-30-18(3)4/h6-9,17-18H,10-16H2,1-5H3. The van der Waals surface area contributed by atoms with Crippen LogP contribution < -0.4 is 4.74 Å². The minimum atomic E-state index is -0.248. The highest BCUT2D eigenvalue weighted by atomic mass is 16.5. The van der Waals surface area contributed by atoms with E-state index in [0.29, 0.717) is 30.4 Å². The molecule has 7 nitrogen and oxygen atoms in total. The summed E-state index contributed by atoms with van der Waals surface area (Å²) in [5, 5.41) is 0. The van der Waals surface area contributed by atoms with Gasteiger partial charge in [-0.3, -0.25) is 14.5 Å². The number of imide groups is 1. The maximum atomic E-state index is 13.3. The van der Waals surface area contributed by atoms with Crippen LogP contribution in [0.2, 0.25) is 0 Å². The first-order valence-corrected chi connectivity index (χ1v) is 11.2. The Hall–Kier alpha value is -2.38. The first-order chi connectivity index (χ1) is 14.8. The van der Waals surface area contributed by atoms with Crippen LogP contribution in [0.3, 0.4) is 0 Å². The first kappa shape index (κ1) is 23.3. The van der Waals surface area contributed by atoms with Gasteiger partial charge >= 0.3 is 0 Å². The van der Waals surface area contributed by atoms with Crippen LogP contribution in [0.4, 0.5) is 0 Å². The van der Waals surface area contributed by atoms with E-state index < -0.39 is 0 Å². The topological polar surface area (TPSA) is 62.3 Å². The van der Waals surface area contributed by atoms with E-state index in [1.54, 1.807) is 0 Å². The van der Waals surface area contributed by atoms with Gasteiger partial charge in [-0.15, -0.1) is 0 Å². The molecule has 1 fully saturated rings. The molecule has 2 amide bonds. The van der Waals surface area contributed by atoms with E-state index in [2.05, 4.69) is 30.7 Å². The zero-order chi connectivity index (χ0) is 22.5. The van der Waals surface area contributed by atoms with Gasteiger partial charge in [0, 0.05) is 26.2 Å². The van der Waals surface area contributed by atoms with Crippen molar-refractivity contribution in [1.82, 2.24) is 14.7 Å². The molecular weight excluding hydrogens is 394 g/mol. The number of rotatable bonds is 9. The fourth-order valence-corrected chi connectivity index (χ4v) is 3.71. The van der Waals surface area contributed by atoms with Gasteiger partial charge < -0.3 is 19.3 Å². The number of ether oxygens (including phenoxy) is 2. The molecule has 0 saturated carbocycles. The lowest BCUT2D eigenvalue weighted by Gasteiger charge is -2.34. The van der Waals surface area contributed by atoms with E-state index in [4.69, 9.17) is 9.47 Å². The SMILES string of the molecule is CC(C)COc1ccc(C2=C(N3CCN(C)CC3)C(=O)N(CCOC(C)C)C2=O)cc1. The summed E-state index contributed by atoms with van der Waals surface area (Å²) in [4.78, 5) is 32.3. The molecule has 0 atom stereocenters. The van der Waals surface area contributed by atoms with Gasteiger partial charge in [0.05, 0.1) is 31.4 Å². The van der Waals surface area contributed by atoms with Crippen molar-refractivity contribution < 1.29 is 19.1 Å². The Morgan fingerprint density at radius 2 is 1.58 bits per heavy atom. The minimum absolute atomic E-state index is 0.0516. The lowest BCUT2D eigenvalue weighted by Crippen LogP contribution is -2.46. The highest BCUT2D eigenvalue weighted by Crippen LogP contribution is 2.33. The molecule has 0 aliphatic carbocycles. The van der Waals surface area contributed by atoms with Gasteiger partial charge in [0.25, 0.3) is 11.8 Å². The zero-order valence-corrected chi connectivity index (χ0v) is 19.4. The molecule has 0 radical (unpaired) electrons. The van der Waals surface area contributed by atoms with Crippen LogP contribution in [0.1, 0.15) is 33.3 Å². The normalized spacial score (nSPS) is 18.2. The lowest BCUT2D eigenvalue weighted by molar-refractivity contribution is -0.138. The molecule has 3 rings (SSSR count).